The highest BCUT2D eigenvalue weighted by Gasteiger charge is 2.33. The van der Waals surface area contributed by atoms with E-state index in [9.17, 15) is 14.4 Å². The van der Waals surface area contributed by atoms with Crippen LogP contribution in [0.5, 0.6) is 0 Å². The highest BCUT2D eigenvalue weighted by molar-refractivity contribution is 6.36. The van der Waals surface area contributed by atoms with Crippen LogP contribution in [0.1, 0.15) is 49.4 Å². The molecule has 1 aromatic carbocycles. The van der Waals surface area contributed by atoms with E-state index >= 15 is 0 Å². The molecule has 1 saturated heterocycles. The van der Waals surface area contributed by atoms with Crippen molar-refractivity contribution in [3.05, 3.63) is 57.5 Å². The lowest BCUT2D eigenvalue weighted by Gasteiger charge is -2.24. The molecule has 0 saturated carbocycles. The minimum absolute atomic E-state index is 0.182. The average Bonchev–Trinajstić information content (AvgIpc) is 3.21. The van der Waals surface area contributed by atoms with Gasteiger partial charge in [0.1, 0.15) is 5.52 Å². The topological polar surface area (TPSA) is 114 Å². The van der Waals surface area contributed by atoms with Crippen LogP contribution in [0.25, 0.3) is 11.2 Å². The van der Waals surface area contributed by atoms with E-state index in [1.54, 1.807) is 38.1 Å². The molecule has 1 aliphatic heterocycles. The number of carbonyl (C=O) groups excluding carboxylic acids is 3. The van der Waals surface area contributed by atoms with Gasteiger partial charge in [0.2, 0.25) is 23.4 Å². The second-order valence-corrected chi connectivity index (χ2v) is 8.97. The predicted octanol–water partition coefficient (Wildman–Crippen LogP) is 3.64. The lowest BCUT2D eigenvalue weighted by molar-refractivity contribution is -0.134. The Morgan fingerprint density at radius 2 is 1.97 bits per heavy atom. The second-order valence-electron chi connectivity index (χ2n) is 8.16. The van der Waals surface area contributed by atoms with Crippen LogP contribution in [0, 0.1) is 0 Å². The van der Waals surface area contributed by atoms with Crippen LogP contribution >= 0.6 is 23.2 Å². The number of nitrogens with zero attached hydrogens (tertiary/aromatic N) is 2. The summed E-state index contributed by atoms with van der Waals surface area (Å²) in [5.41, 5.74) is 1.76. The average molecular weight is 475 g/mol. The largest absolute Gasteiger partial charge is 0.425 e. The Balaban J connectivity index is 1.49. The standard InChI is InChI=1S/C22H20Cl2N4O4/c1-22(2,16-5-4-15-20(27-16)32-10-26-15)21(31)25-9-11-7-13(23)18(14(24)8-11)12-3-6-17(29)28-19(12)30/h4-5,7-8,10,12H,3,6,9H2,1-2H3,(H,25,31)(H,28,29,30). The van der Waals surface area contributed by atoms with Gasteiger partial charge in [0, 0.05) is 28.6 Å². The van der Waals surface area contributed by atoms with E-state index in [0.717, 1.165) is 0 Å². The first-order valence-corrected chi connectivity index (χ1v) is 10.7. The molecule has 32 heavy (non-hydrogen) atoms. The molecule has 3 amide bonds. The molecule has 0 radical (unpaired) electrons. The van der Waals surface area contributed by atoms with E-state index in [-0.39, 0.29) is 24.8 Å². The highest BCUT2D eigenvalue weighted by atomic mass is 35.5. The van der Waals surface area contributed by atoms with Gasteiger partial charge in [-0.3, -0.25) is 19.7 Å². The Kier molecular flexibility index (Phi) is 5.92. The number of rotatable bonds is 5. The van der Waals surface area contributed by atoms with Gasteiger partial charge in [-0.1, -0.05) is 23.2 Å². The fourth-order valence-electron chi connectivity index (χ4n) is 3.66. The smallest absolute Gasteiger partial charge is 0.246 e. The molecular formula is C22H20Cl2N4O4. The molecule has 1 fully saturated rings. The van der Waals surface area contributed by atoms with Crippen molar-refractivity contribution in [1.82, 2.24) is 20.6 Å². The van der Waals surface area contributed by atoms with Crippen molar-refractivity contribution >= 4 is 52.2 Å². The third-order valence-electron chi connectivity index (χ3n) is 5.58. The van der Waals surface area contributed by atoms with Gasteiger partial charge in [-0.05, 0) is 50.1 Å². The van der Waals surface area contributed by atoms with Crippen LogP contribution in [-0.2, 0) is 26.3 Å². The van der Waals surface area contributed by atoms with Crippen molar-refractivity contribution < 1.29 is 18.8 Å². The minimum atomic E-state index is -0.929. The molecule has 0 bridgehead atoms. The molecule has 1 atom stereocenters. The first-order valence-electron chi connectivity index (χ1n) is 9.97. The third kappa shape index (κ3) is 4.20. The zero-order valence-electron chi connectivity index (χ0n) is 17.4. The van der Waals surface area contributed by atoms with Gasteiger partial charge in [-0.15, -0.1) is 0 Å². The molecule has 1 unspecified atom stereocenters. The van der Waals surface area contributed by atoms with E-state index in [2.05, 4.69) is 20.6 Å². The predicted molar refractivity (Wildman–Crippen MR) is 118 cm³/mol. The van der Waals surface area contributed by atoms with E-state index in [1.165, 1.54) is 6.39 Å². The summed E-state index contributed by atoms with van der Waals surface area (Å²) in [6.45, 7) is 3.71. The van der Waals surface area contributed by atoms with Crippen molar-refractivity contribution in [2.24, 2.45) is 0 Å². The number of fused-ring (bicyclic) bond motifs is 1. The normalized spacial score (nSPS) is 16.8. The molecule has 2 aromatic heterocycles. The van der Waals surface area contributed by atoms with Crippen LogP contribution in [0.3, 0.4) is 0 Å². The van der Waals surface area contributed by atoms with Crippen LogP contribution in [0.4, 0.5) is 0 Å². The number of nitrogens with one attached hydrogen (secondary N) is 2. The lowest BCUT2D eigenvalue weighted by Crippen LogP contribution is -2.40. The summed E-state index contributed by atoms with van der Waals surface area (Å²) in [5, 5.41) is 5.82. The van der Waals surface area contributed by atoms with Crippen LogP contribution in [0.15, 0.2) is 35.1 Å². The summed E-state index contributed by atoms with van der Waals surface area (Å²) < 4.78 is 5.23. The maximum Gasteiger partial charge on any atom is 0.246 e. The van der Waals surface area contributed by atoms with E-state index < -0.39 is 17.2 Å². The summed E-state index contributed by atoms with van der Waals surface area (Å²) in [5.74, 6) is -1.56. The Bertz CT molecular complexity index is 1210. The lowest BCUT2D eigenvalue weighted by atomic mass is 9.87. The number of carbonyl (C=O) groups is 3. The van der Waals surface area contributed by atoms with E-state index in [0.29, 0.717) is 44.5 Å². The van der Waals surface area contributed by atoms with E-state index in [1.807, 2.05) is 0 Å². The molecule has 3 heterocycles. The molecule has 0 spiro atoms. The van der Waals surface area contributed by atoms with Gasteiger partial charge in [0.25, 0.3) is 0 Å². The van der Waals surface area contributed by atoms with Crippen LogP contribution < -0.4 is 10.6 Å². The second kappa shape index (κ2) is 8.52. The summed E-state index contributed by atoms with van der Waals surface area (Å²) in [6.07, 6.45) is 1.88. The number of aromatic nitrogens is 2. The SMILES string of the molecule is CC(C)(C(=O)NCc1cc(Cl)c(C2CCC(=O)NC2=O)c(Cl)c1)c1ccc2ncoc2n1. The number of amides is 3. The Morgan fingerprint density at radius 3 is 2.66 bits per heavy atom. The number of hydrogen-bond acceptors (Lipinski definition) is 6. The van der Waals surface area contributed by atoms with Gasteiger partial charge in [-0.25, -0.2) is 9.97 Å². The number of pyridine rings is 1. The van der Waals surface area contributed by atoms with Gasteiger partial charge in [-0.2, -0.15) is 0 Å². The van der Waals surface area contributed by atoms with Gasteiger partial charge >= 0.3 is 0 Å². The molecule has 1 aliphatic rings. The number of benzene rings is 1. The molecule has 4 rings (SSSR count). The van der Waals surface area contributed by atoms with Crippen LogP contribution in [0.2, 0.25) is 10.0 Å². The Morgan fingerprint density at radius 1 is 1.25 bits per heavy atom. The number of oxazole rings is 1. The first kappa shape index (κ1) is 22.2. The molecule has 8 nitrogen and oxygen atoms in total. The fraction of sp³-hybridized carbons (Fsp3) is 0.318. The summed E-state index contributed by atoms with van der Waals surface area (Å²) in [4.78, 5) is 45.0. The number of hydrogen-bond donors (Lipinski definition) is 2. The maximum absolute atomic E-state index is 12.9. The quantitative estimate of drug-likeness (QED) is 0.545. The highest BCUT2D eigenvalue weighted by Crippen LogP contribution is 2.37. The molecule has 2 N–H and O–H groups in total. The van der Waals surface area contributed by atoms with Crippen molar-refractivity contribution in [3.8, 4) is 0 Å². The molecule has 0 aliphatic carbocycles. The van der Waals surface area contributed by atoms with Crippen LogP contribution in [-0.4, -0.2) is 27.7 Å². The number of halogens is 2. The summed E-state index contributed by atoms with van der Waals surface area (Å²) >= 11 is 12.9. The number of piperidine rings is 1. The van der Waals surface area contributed by atoms with Crippen molar-refractivity contribution in [1.29, 1.82) is 0 Å². The molecular weight excluding hydrogens is 455 g/mol. The monoisotopic (exact) mass is 474 g/mol. The van der Waals surface area contributed by atoms with Gasteiger partial charge in [0.05, 0.1) is 17.0 Å². The zero-order valence-corrected chi connectivity index (χ0v) is 18.9. The van der Waals surface area contributed by atoms with Crippen molar-refractivity contribution in [2.75, 3.05) is 0 Å². The van der Waals surface area contributed by atoms with Gasteiger partial charge in [0.15, 0.2) is 6.39 Å². The number of imide groups is 1. The first-order chi connectivity index (χ1) is 15.2. The van der Waals surface area contributed by atoms with Crippen molar-refractivity contribution in [3.63, 3.8) is 0 Å². The fourth-order valence-corrected chi connectivity index (χ4v) is 4.46. The maximum atomic E-state index is 12.9. The molecule has 10 heteroatoms. The molecule has 166 valence electrons. The molecule has 3 aromatic rings. The van der Waals surface area contributed by atoms with Gasteiger partial charge < -0.3 is 9.73 Å². The summed E-state index contributed by atoms with van der Waals surface area (Å²) in [6, 6.07) is 6.83. The summed E-state index contributed by atoms with van der Waals surface area (Å²) in [7, 11) is 0. The third-order valence-corrected chi connectivity index (χ3v) is 6.21. The van der Waals surface area contributed by atoms with E-state index in [4.69, 9.17) is 27.6 Å². The zero-order chi connectivity index (χ0) is 23.0. The minimum Gasteiger partial charge on any atom is -0.425 e. The van der Waals surface area contributed by atoms with Crippen molar-refractivity contribution in [2.45, 2.75) is 44.6 Å². The Hall–Kier alpha value is -2.97. The Labute approximate surface area is 193 Å².